The van der Waals surface area contributed by atoms with Crippen LogP contribution >= 0.6 is 11.8 Å². The SMILES string of the molecule is CSc1nnc(-c2ncoc2C)n1-c1ccccc1. The monoisotopic (exact) mass is 272 g/mol. The fraction of sp³-hybridized carbons (Fsp3) is 0.154. The maximum Gasteiger partial charge on any atom is 0.195 e. The van der Waals surface area contributed by atoms with Crippen molar-refractivity contribution in [1.82, 2.24) is 19.7 Å². The summed E-state index contributed by atoms with van der Waals surface area (Å²) in [5.74, 6) is 1.43. The molecule has 0 radical (unpaired) electrons. The van der Waals surface area contributed by atoms with E-state index in [9.17, 15) is 0 Å². The molecule has 19 heavy (non-hydrogen) atoms. The molecule has 1 aromatic carbocycles. The second-order valence-electron chi connectivity index (χ2n) is 3.94. The van der Waals surface area contributed by atoms with E-state index < -0.39 is 0 Å². The Kier molecular flexibility index (Phi) is 3.08. The van der Waals surface area contributed by atoms with Gasteiger partial charge in [-0.1, -0.05) is 30.0 Å². The molecule has 0 amide bonds. The van der Waals surface area contributed by atoms with Crippen LogP contribution in [0.4, 0.5) is 0 Å². The highest BCUT2D eigenvalue weighted by atomic mass is 32.2. The van der Waals surface area contributed by atoms with E-state index in [4.69, 9.17) is 4.42 Å². The van der Waals surface area contributed by atoms with Gasteiger partial charge in [0.15, 0.2) is 17.4 Å². The van der Waals surface area contributed by atoms with Crippen LogP contribution in [0.3, 0.4) is 0 Å². The molecular weight excluding hydrogens is 260 g/mol. The van der Waals surface area contributed by atoms with Gasteiger partial charge in [-0.25, -0.2) is 4.98 Å². The number of hydrogen-bond acceptors (Lipinski definition) is 5. The molecule has 2 aromatic heterocycles. The summed E-state index contributed by atoms with van der Waals surface area (Å²) < 4.78 is 7.24. The molecule has 0 saturated heterocycles. The van der Waals surface area contributed by atoms with Gasteiger partial charge in [0, 0.05) is 5.69 Å². The second-order valence-corrected chi connectivity index (χ2v) is 4.71. The molecule has 0 spiro atoms. The molecule has 3 rings (SSSR count). The first-order chi connectivity index (χ1) is 9.31. The number of thioether (sulfide) groups is 1. The van der Waals surface area contributed by atoms with Crippen LogP contribution in [-0.4, -0.2) is 26.0 Å². The van der Waals surface area contributed by atoms with E-state index in [1.165, 1.54) is 6.39 Å². The van der Waals surface area contributed by atoms with Crippen molar-refractivity contribution in [3.05, 3.63) is 42.5 Å². The topological polar surface area (TPSA) is 56.7 Å². The van der Waals surface area contributed by atoms with Crippen LogP contribution in [-0.2, 0) is 0 Å². The van der Waals surface area contributed by atoms with Crippen LogP contribution in [0.25, 0.3) is 17.2 Å². The van der Waals surface area contributed by atoms with Crippen molar-refractivity contribution in [1.29, 1.82) is 0 Å². The predicted octanol–water partition coefficient (Wildman–Crippen LogP) is 2.95. The summed E-state index contributed by atoms with van der Waals surface area (Å²) in [5.41, 5.74) is 1.73. The molecule has 6 heteroatoms. The Morgan fingerprint density at radius 3 is 2.58 bits per heavy atom. The molecule has 0 unspecified atom stereocenters. The van der Waals surface area contributed by atoms with E-state index in [1.54, 1.807) is 11.8 Å². The third-order valence-electron chi connectivity index (χ3n) is 2.79. The Balaban J connectivity index is 2.23. The highest BCUT2D eigenvalue weighted by Crippen LogP contribution is 2.27. The quantitative estimate of drug-likeness (QED) is 0.686. The van der Waals surface area contributed by atoms with Gasteiger partial charge in [0.05, 0.1) is 0 Å². The second kappa shape index (κ2) is 4.89. The molecule has 3 aromatic rings. The number of benzene rings is 1. The van der Waals surface area contributed by atoms with Crippen LogP contribution < -0.4 is 0 Å². The van der Waals surface area contributed by atoms with E-state index in [-0.39, 0.29) is 0 Å². The Bertz CT molecular complexity index is 690. The third-order valence-corrected chi connectivity index (χ3v) is 3.42. The molecule has 0 aliphatic heterocycles. The van der Waals surface area contributed by atoms with Crippen molar-refractivity contribution in [3.8, 4) is 17.2 Å². The average Bonchev–Trinajstić information content (AvgIpc) is 3.05. The normalized spacial score (nSPS) is 10.8. The number of rotatable bonds is 3. The summed E-state index contributed by atoms with van der Waals surface area (Å²) in [6, 6.07) is 9.98. The van der Waals surface area contributed by atoms with Crippen LogP contribution in [0.5, 0.6) is 0 Å². The average molecular weight is 272 g/mol. The fourth-order valence-corrected chi connectivity index (χ4v) is 2.38. The highest BCUT2D eigenvalue weighted by Gasteiger charge is 2.18. The Morgan fingerprint density at radius 2 is 1.95 bits per heavy atom. The van der Waals surface area contributed by atoms with Crippen molar-refractivity contribution in [2.45, 2.75) is 12.1 Å². The van der Waals surface area contributed by atoms with Crippen molar-refractivity contribution in [2.24, 2.45) is 0 Å². The number of hydrogen-bond donors (Lipinski definition) is 0. The van der Waals surface area contributed by atoms with Crippen LogP contribution in [0.1, 0.15) is 5.76 Å². The Labute approximate surface area is 114 Å². The van der Waals surface area contributed by atoms with Crippen molar-refractivity contribution >= 4 is 11.8 Å². The summed E-state index contributed by atoms with van der Waals surface area (Å²) >= 11 is 1.55. The van der Waals surface area contributed by atoms with Gasteiger partial charge in [-0.05, 0) is 25.3 Å². The maximum atomic E-state index is 5.25. The molecule has 0 N–H and O–H groups in total. The third kappa shape index (κ3) is 2.04. The lowest BCUT2D eigenvalue weighted by atomic mass is 10.3. The van der Waals surface area contributed by atoms with Crippen molar-refractivity contribution < 1.29 is 4.42 Å². The molecule has 0 fully saturated rings. The minimum atomic E-state index is 0.696. The van der Waals surface area contributed by atoms with E-state index in [2.05, 4.69) is 15.2 Å². The summed E-state index contributed by atoms with van der Waals surface area (Å²) in [6.45, 7) is 1.87. The number of aryl methyl sites for hydroxylation is 1. The summed E-state index contributed by atoms with van der Waals surface area (Å²) in [6.07, 6.45) is 3.40. The fourth-order valence-electron chi connectivity index (χ4n) is 1.89. The lowest BCUT2D eigenvalue weighted by molar-refractivity contribution is 0.527. The minimum Gasteiger partial charge on any atom is -0.448 e. The van der Waals surface area contributed by atoms with E-state index in [0.717, 1.165) is 22.3 Å². The molecule has 0 aliphatic rings. The number of oxazole rings is 1. The standard InChI is InChI=1S/C13H12N4OS/c1-9-11(14-8-18-9)12-15-16-13(19-2)17(12)10-6-4-3-5-7-10/h3-8H,1-2H3. The maximum absolute atomic E-state index is 5.25. The molecule has 0 bridgehead atoms. The number of aromatic nitrogens is 4. The van der Waals surface area contributed by atoms with E-state index in [1.807, 2.05) is 48.1 Å². The highest BCUT2D eigenvalue weighted by molar-refractivity contribution is 7.98. The van der Waals surface area contributed by atoms with Crippen molar-refractivity contribution in [3.63, 3.8) is 0 Å². The van der Waals surface area contributed by atoms with Gasteiger partial charge in [-0.2, -0.15) is 0 Å². The Hall–Kier alpha value is -2.08. The van der Waals surface area contributed by atoms with Crippen LogP contribution in [0.15, 0.2) is 46.3 Å². The first kappa shape index (κ1) is 12.0. The van der Waals surface area contributed by atoms with Gasteiger partial charge < -0.3 is 4.42 Å². The van der Waals surface area contributed by atoms with Crippen molar-refractivity contribution in [2.75, 3.05) is 6.26 Å². The summed E-state index contributed by atoms with van der Waals surface area (Å²) in [7, 11) is 0. The lowest BCUT2D eigenvalue weighted by Crippen LogP contribution is -1.99. The lowest BCUT2D eigenvalue weighted by Gasteiger charge is -2.07. The van der Waals surface area contributed by atoms with Crippen LogP contribution in [0.2, 0.25) is 0 Å². The largest absolute Gasteiger partial charge is 0.448 e. The predicted molar refractivity (Wildman–Crippen MR) is 73.4 cm³/mol. The summed E-state index contributed by atoms with van der Waals surface area (Å²) in [4.78, 5) is 4.22. The number of nitrogens with zero attached hydrogens (tertiary/aromatic N) is 4. The minimum absolute atomic E-state index is 0.696. The molecule has 2 heterocycles. The molecule has 0 aliphatic carbocycles. The molecule has 0 saturated carbocycles. The Morgan fingerprint density at radius 1 is 1.16 bits per heavy atom. The van der Waals surface area contributed by atoms with Gasteiger partial charge in [-0.15, -0.1) is 10.2 Å². The zero-order valence-electron chi connectivity index (χ0n) is 10.6. The molecule has 96 valence electrons. The van der Waals surface area contributed by atoms with E-state index >= 15 is 0 Å². The molecule has 0 atom stereocenters. The van der Waals surface area contributed by atoms with Gasteiger partial charge in [0.2, 0.25) is 0 Å². The first-order valence-corrected chi connectivity index (χ1v) is 6.99. The number of para-hydroxylation sites is 1. The molecular formula is C13H12N4OS. The summed E-state index contributed by atoms with van der Waals surface area (Å²) in [5, 5.41) is 9.26. The zero-order valence-corrected chi connectivity index (χ0v) is 11.4. The zero-order chi connectivity index (χ0) is 13.2. The van der Waals surface area contributed by atoms with Gasteiger partial charge in [0.25, 0.3) is 0 Å². The first-order valence-electron chi connectivity index (χ1n) is 5.76. The molecule has 5 nitrogen and oxygen atoms in total. The smallest absolute Gasteiger partial charge is 0.195 e. The van der Waals surface area contributed by atoms with Gasteiger partial charge >= 0.3 is 0 Å². The van der Waals surface area contributed by atoms with Crippen LogP contribution in [0, 0.1) is 6.92 Å². The van der Waals surface area contributed by atoms with Gasteiger partial charge in [-0.3, -0.25) is 4.57 Å². The van der Waals surface area contributed by atoms with Gasteiger partial charge in [0.1, 0.15) is 11.5 Å². The van der Waals surface area contributed by atoms with E-state index in [0.29, 0.717) is 5.82 Å².